The zero-order valence-corrected chi connectivity index (χ0v) is 13.7. The molecule has 2 aliphatic rings. The molecule has 0 saturated carbocycles. The standard InChI is InChI=1S/C15H13F3N2O4S/c1-24-19-10-12(21)20-11(14(22)23)9(25-13(10)20)6-7-3-2-4-8(5-7)15(16,17)18/h2-5,9,11,13H,6H2,1H3,(H,22,23)/b19-10-/t9?,11?,13-/m1/s1. The second kappa shape index (κ2) is 6.25. The molecule has 134 valence electrons. The molecule has 3 atom stereocenters. The number of halogens is 3. The van der Waals surface area contributed by atoms with E-state index in [1.165, 1.54) is 35.9 Å². The summed E-state index contributed by atoms with van der Waals surface area (Å²) >= 11 is 1.19. The molecule has 2 saturated heterocycles. The molecule has 10 heteroatoms. The zero-order chi connectivity index (χ0) is 18.4. The maximum Gasteiger partial charge on any atom is 0.416 e. The minimum atomic E-state index is -4.47. The molecular weight excluding hydrogens is 361 g/mol. The Bertz CT molecular complexity index is 753. The average Bonchev–Trinajstić information content (AvgIpc) is 2.87. The van der Waals surface area contributed by atoms with Crippen molar-refractivity contribution in [2.24, 2.45) is 5.16 Å². The number of oxime groups is 1. The number of thioether (sulfide) groups is 1. The van der Waals surface area contributed by atoms with E-state index in [2.05, 4.69) is 9.99 Å². The lowest BCUT2D eigenvalue weighted by Crippen LogP contribution is -2.62. The van der Waals surface area contributed by atoms with Crippen LogP contribution in [0.1, 0.15) is 11.1 Å². The van der Waals surface area contributed by atoms with Gasteiger partial charge in [0.1, 0.15) is 18.5 Å². The maximum atomic E-state index is 12.8. The van der Waals surface area contributed by atoms with Crippen LogP contribution >= 0.6 is 11.8 Å². The fourth-order valence-electron chi connectivity index (χ4n) is 2.96. The second-order valence-corrected chi connectivity index (χ2v) is 6.91. The zero-order valence-electron chi connectivity index (χ0n) is 12.9. The Morgan fingerprint density at radius 3 is 2.76 bits per heavy atom. The molecule has 1 N–H and O–H groups in total. The topological polar surface area (TPSA) is 79.2 Å². The third-order valence-electron chi connectivity index (χ3n) is 4.03. The number of alkyl halides is 3. The van der Waals surface area contributed by atoms with Crippen molar-refractivity contribution < 1.29 is 32.7 Å². The molecule has 0 aromatic heterocycles. The van der Waals surface area contributed by atoms with Gasteiger partial charge >= 0.3 is 12.1 Å². The Kier molecular flexibility index (Phi) is 4.40. The Balaban J connectivity index is 1.84. The van der Waals surface area contributed by atoms with E-state index >= 15 is 0 Å². The number of hydrogen-bond acceptors (Lipinski definition) is 5. The fourth-order valence-corrected chi connectivity index (χ4v) is 4.61. The molecule has 0 radical (unpaired) electrons. The number of carbonyl (C=O) groups excluding carboxylic acids is 1. The highest BCUT2D eigenvalue weighted by molar-refractivity contribution is 8.01. The first kappa shape index (κ1) is 17.6. The van der Waals surface area contributed by atoms with Crippen molar-refractivity contribution in [1.82, 2.24) is 4.90 Å². The summed E-state index contributed by atoms with van der Waals surface area (Å²) in [6, 6.07) is 3.63. The summed E-state index contributed by atoms with van der Waals surface area (Å²) in [5.41, 5.74) is -0.315. The summed E-state index contributed by atoms with van der Waals surface area (Å²) in [6.45, 7) is 0. The number of aliphatic carboxylic acids is 1. The molecule has 2 aliphatic heterocycles. The van der Waals surface area contributed by atoms with Gasteiger partial charge in [-0.05, 0) is 18.1 Å². The lowest BCUT2D eigenvalue weighted by Gasteiger charge is -2.36. The summed E-state index contributed by atoms with van der Waals surface area (Å²) in [6.07, 6.45) is -4.38. The van der Waals surface area contributed by atoms with Crippen LogP contribution in [0.2, 0.25) is 0 Å². The lowest BCUT2D eigenvalue weighted by molar-refractivity contribution is -0.149. The SMILES string of the molecule is CO/N=C1/C(=O)N2C(C(=O)O)C(Cc3cccc(C(F)(F)F)c3)S[C@H]12. The quantitative estimate of drug-likeness (QED) is 0.644. The predicted molar refractivity (Wildman–Crippen MR) is 83.0 cm³/mol. The molecule has 6 nitrogen and oxygen atoms in total. The highest BCUT2D eigenvalue weighted by Gasteiger charge is 2.59. The number of nitrogens with zero attached hydrogens (tertiary/aromatic N) is 2. The number of carboxylic acid groups (broad SMARTS) is 1. The van der Waals surface area contributed by atoms with E-state index in [1.807, 2.05) is 0 Å². The molecule has 1 aromatic carbocycles. The Hall–Kier alpha value is -2.23. The molecule has 2 heterocycles. The van der Waals surface area contributed by atoms with Crippen LogP contribution in [0, 0.1) is 0 Å². The third kappa shape index (κ3) is 3.06. The van der Waals surface area contributed by atoms with Crippen LogP contribution in [0.4, 0.5) is 13.2 Å². The van der Waals surface area contributed by atoms with Gasteiger partial charge in [-0.3, -0.25) is 4.79 Å². The van der Waals surface area contributed by atoms with Gasteiger partial charge in [-0.1, -0.05) is 23.4 Å². The van der Waals surface area contributed by atoms with Gasteiger partial charge in [0.05, 0.1) is 5.56 Å². The molecule has 0 spiro atoms. The monoisotopic (exact) mass is 374 g/mol. The predicted octanol–water partition coefficient (Wildman–Crippen LogP) is 1.99. The lowest BCUT2D eigenvalue weighted by atomic mass is 9.99. The normalized spacial score (nSPS) is 27.2. The second-order valence-electron chi connectivity index (χ2n) is 5.58. The molecule has 1 aromatic rings. The van der Waals surface area contributed by atoms with Crippen LogP contribution in [-0.4, -0.2) is 51.4 Å². The van der Waals surface area contributed by atoms with Crippen LogP contribution in [0.25, 0.3) is 0 Å². The number of hydrogen-bond donors (Lipinski definition) is 1. The van der Waals surface area contributed by atoms with Crippen LogP contribution in [0.15, 0.2) is 29.4 Å². The molecule has 2 unspecified atom stereocenters. The third-order valence-corrected chi connectivity index (χ3v) is 5.51. The van der Waals surface area contributed by atoms with Gasteiger partial charge in [-0.15, -0.1) is 11.8 Å². The first-order valence-electron chi connectivity index (χ1n) is 7.22. The summed E-state index contributed by atoms with van der Waals surface area (Å²) in [5.74, 6) is -1.73. The van der Waals surface area contributed by atoms with E-state index in [0.29, 0.717) is 5.56 Å². The van der Waals surface area contributed by atoms with E-state index in [0.717, 1.165) is 12.1 Å². The summed E-state index contributed by atoms with van der Waals surface area (Å²) in [4.78, 5) is 29.4. The summed E-state index contributed by atoms with van der Waals surface area (Å²) in [5, 5.41) is 11.9. The van der Waals surface area contributed by atoms with E-state index in [4.69, 9.17) is 0 Å². The van der Waals surface area contributed by atoms with Gasteiger partial charge < -0.3 is 14.8 Å². The molecule has 3 rings (SSSR count). The van der Waals surface area contributed by atoms with Crippen LogP contribution in [0.5, 0.6) is 0 Å². The molecule has 25 heavy (non-hydrogen) atoms. The average molecular weight is 374 g/mol. The number of fused-ring (bicyclic) bond motifs is 1. The van der Waals surface area contributed by atoms with Crippen molar-refractivity contribution in [3.05, 3.63) is 35.4 Å². The van der Waals surface area contributed by atoms with Crippen molar-refractivity contribution in [3.8, 4) is 0 Å². The van der Waals surface area contributed by atoms with Crippen LogP contribution in [-0.2, 0) is 27.0 Å². The van der Waals surface area contributed by atoms with Crippen LogP contribution in [0.3, 0.4) is 0 Å². The fraction of sp³-hybridized carbons (Fsp3) is 0.400. The van der Waals surface area contributed by atoms with Gasteiger partial charge in [0.2, 0.25) is 0 Å². The number of β-lactam (4-membered cyclic amide) rings is 1. The van der Waals surface area contributed by atoms with Gasteiger partial charge in [0, 0.05) is 5.25 Å². The number of carbonyl (C=O) groups is 2. The highest BCUT2D eigenvalue weighted by Crippen LogP contribution is 2.44. The Morgan fingerprint density at radius 1 is 1.44 bits per heavy atom. The largest absolute Gasteiger partial charge is 0.480 e. The molecule has 0 bridgehead atoms. The first-order chi connectivity index (χ1) is 11.7. The van der Waals surface area contributed by atoms with E-state index in [9.17, 15) is 27.9 Å². The number of amides is 1. The van der Waals surface area contributed by atoms with E-state index < -0.39 is 40.3 Å². The van der Waals surface area contributed by atoms with Gasteiger partial charge in [-0.25, -0.2) is 4.79 Å². The van der Waals surface area contributed by atoms with Crippen molar-refractivity contribution >= 4 is 29.4 Å². The molecule has 2 fully saturated rings. The number of rotatable bonds is 4. The van der Waals surface area contributed by atoms with Crippen molar-refractivity contribution in [2.75, 3.05) is 7.11 Å². The van der Waals surface area contributed by atoms with Crippen molar-refractivity contribution in [3.63, 3.8) is 0 Å². The Morgan fingerprint density at radius 2 is 2.16 bits per heavy atom. The summed E-state index contributed by atoms with van der Waals surface area (Å²) < 4.78 is 38.5. The smallest absolute Gasteiger partial charge is 0.416 e. The van der Waals surface area contributed by atoms with Crippen molar-refractivity contribution in [1.29, 1.82) is 0 Å². The van der Waals surface area contributed by atoms with Gasteiger partial charge in [0.25, 0.3) is 5.91 Å². The molecule has 1 amide bonds. The van der Waals surface area contributed by atoms with Crippen LogP contribution < -0.4 is 0 Å². The number of benzene rings is 1. The Labute approximate surface area is 144 Å². The maximum absolute atomic E-state index is 12.8. The molecule has 0 aliphatic carbocycles. The number of carboxylic acids is 1. The molecular formula is C15H13F3N2O4S. The van der Waals surface area contributed by atoms with Crippen molar-refractivity contribution in [2.45, 2.75) is 29.3 Å². The minimum absolute atomic E-state index is 0.0894. The van der Waals surface area contributed by atoms with Gasteiger partial charge in [0.15, 0.2) is 5.71 Å². The minimum Gasteiger partial charge on any atom is -0.480 e. The first-order valence-corrected chi connectivity index (χ1v) is 8.16. The van der Waals surface area contributed by atoms with E-state index in [1.54, 1.807) is 0 Å². The van der Waals surface area contributed by atoms with Gasteiger partial charge in [-0.2, -0.15) is 13.2 Å². The summed E-state index contributed by atoms with van der Waals surface area (Å²) in [7, 11) is 1.28. The highest BCUT2D eigenvalue weighted by atomic mass is 32.2. The van der Waals surface area contributed by atoms with E-state index in [-0.39, 0.29) is 12.1 Å².